The summed E-state index contributed by atoms with van der Waals surface area (Å²) in [4.78, 5) is 0. The maximum atomic E-state index is 11.3. The van der Waals surface area contributed by atoms with E-state index in [1.54, 1.807) is 24.3 Å². The molecule has 0 amide bonds. The Balaban J connectivity index is 3.10. The molecule has 0 saturated carbocycles. The lowest BCUT2D eigenvalue weighted by molar-refractivity contribution is 0.545. The fourth-order valence-electron chi connectivity index (χ4n) is 1.18. The van der Waals surface area contributed by atoms with E-state index in [0.717, 1.165) is 18.7 Å². The third kappa shape index (κ3) is 4.20. The van der Waals surface area contributed by atoms with Crippen LogP contribution in [0.25, 0.3) is 6.08 Å². The fraction of sp³-hybridized carbons (Fsp3) is 0.200. The molecule has 0 bridgehead atoms. The van der Waals surface area contributed by atoms with E-state index < -0.39 is 20.0 Å². The third-order valence-electron chi connectivity index (χ3n) is 1.84. The van der Waals surface area contributed by atoms with Crippen LogP contribution in [0, 0.1) is 0 Å². The average Bonchev–Trinajstić information content (AvgIpc) is 2.15. The molecule has 17 heavy (non-hydrogen) atoms. The van der Waals surface area contributed by atoms with Gasteiger partial charge in [-0.1, -0.05) is 30.3 Å². The number of rotatable bonds is 4. The summed E-state index contributed by atoms with van der Waals surface area (Å²) in [6, 6.07) is 8.82. The normalized spacial score (nSPS) is 12.8. The first-order valence-electron chi connectivity index (χ1n) is 4.64. The predicted molar refractivity (Wildman–Crippen MR) is 67.0 cm³/mol. The lowest BCUT2D eigenvalue weighted by Crippen LogP contribution is -2.30. The molecule has 0 aliphatic carbocycles. The van der Waals surface area contributed by atoms with Gasteiger partial charge in [-0.3, -0.25) is 0 Å². The number of sulfonamides is 2. The zero-order chi connectivity index (χ0) is 13.1. The van der Waals surface area contributed by atoms with Crippen LogP contribution in [-0.4, -0.2) is 33.1 Å². The predicted octanol–water partition coefficient (Wildman–Crippen LogP) is 0.879. The first kappa shape index (κ1) is 13.7. The average molecular weight is 275 g/mol. The highest BCUT2D eigenvalue weighted by atomic mass is 32.3. The minimum atomic E-state index is -3.83. The lowest BCUT2D eigenvalue weighted by Gasteiger charge is -2.14. The molecule has 5 nitrogen and oxygen atoms in total. The summed E-state index contributed by atoms with van der Waals surface area (Å²) in [5, 5.41) is 0. The number of nitrogens with zero attached hydrogens (tertiary/aromatic N) is 1. The molecule has 0 atom stereocenters. The van der Waals surface area contributed by atoms with Gasteiger partial charge in [-0.15, -0.1) is 0 Å². The molecule has 0 N–H and O–H groups in total. The van der Waals surface area contributed by atoms with Gasteiger partial charge in [-0.05, 0) is 11.6 Å². The van der Waals surface area contributed by atoms with Crippen LogP contribution in [0.5, 0.6) is 0 Å². The molecule has 7 heteroatoms. The third-order valence-corrected chi connectivity index (χ3v) is 5.02. The Kier molecular flexibility index (Phi) is 3.94. The monoisotopic (exact) mass is 275 g/mol. The van der Waals surface area contributed by atoms with Gasteiger partial charge in [0.25, 0.3) is 0 Å². The molecule has 94 valence electrons. The van der Waals surface area contributed by atoms with Crippen molar-refractivity contribution in [3.63, 3.8) is 0 Å². The highest BCUT2D eigenvalue weighted by molar-refractivity contribution is 8.03. The second-order valence-corrected chi connectivity index (χ2v) is 7.43. The Labute approximate surface area is 101 Å². The molecular weight excluding hydrogens is 262 g/mol. The van der Waals surface area contributed by atoms with Crippen molar-refractivity contribution in [2.75, 3.05) is 12.5 Å². The molecule has 1 rings (SSSR count). The summed E-state index contributed by atoms with van der Waals surface area (Å²) >= 11 is 0. The molecule has 0 heterocycles. The Morgan fingerprint density at radius 1 is 0.941 bits per heavy atom. The van der Waals surface area contributed by atoms with Crippen LogP contribution in [0.2, 0.25) is 0 Å². The van der Waals surface area contributed by atoms with E-state index in [0.29, 0.717) is 9.27 Å². The fourth-order valence-corrected chi connectivity index (χ4v) is 3.71. The minimum Gasteiger partial charge on any atom is -0.206 e. The van der Waals surface area contributed by atoms with Crippen molar-refractivity contribution in [1.29, 1.82) is 0 Å². The highest BCUT2D eigenvalue weighted by Gasteiger charge is 2.22. The van der Waals surface area contributed by atoms with Crippen LogP contribution in [0.3, 0.4) is 0 Å². The molecule has 1 aromatic rings. The summed E-state index contributed by atoms with van der Waals surface area (Å²) in [6.07, 6.45) is 4.12. The van der Waals surface area contributed by atoms with Gasteiger partial charge in [0.05, 0.1) is 12.5 Å². The van der Waals surface area contributed by atoms with E-state index in [4.69, 9.17) is 0 Å². The molecule has 0 saturated heterocycles. The van der Waals surface area contributed by atoms with Crippen molar-refractivity contribution in [2.24, 2.45) is 0 Å². The van der Waals surface area contributed by atoms with E-state index in [9.17, 15) is 16.8 Å². The smallest absolute Gasteiger partial charge is 0.206 e. The molecule has 0 unspecified atom stereocenters. The molecular formula is C10H13NO4S2. The number of hydrogen-bond donors (Lipinski definition) is 0. The summed E-state index contributed by atoms with van der Waals surface area (Å²) in [5.41, 5.74) is 0.713. The maximum Gasteiger partial charge on any atom is 0.244 e. The quantitative estimate of drug-likeness (QED) is 0.817. The zero-order valence-corrected chi connectivity index (χ0v) is 11.1. The van der Waals surface area contributed by atoms with Crippen LogP contribution in [0.1, 0.15) is 5.56 Å². The number of hydrogen-bond acceptors (Lipinski definition) is 4. The van der Waals surface area contributed by atoms with Crippen molar-refractivity contribution in [1.82, 2.24) is 3.71 Å². The van der Waals surface area contributed by atoms with Crippen LogP contribution in [0.15, 0.2) is 36.5 Å². The van der Waals surface area contributed by atoms with E-state index in [2.05, 4.69) is 0 Å². The molecule has 0 fully saturated rings. The van der Waals surface area contributed by atoms with E-state index in [1.165, 1.54) is 6.08 Å². The van der Waals surface area contributed by atoms with Gasteiger partial charge in [-0.25, -0.2) is 16.8 Å². The summed E-state index contributed by atoms with van der Waals surface area (Å²) in [5.74, 6) is 0. The van der Waals surface area contributed by atoms with Crippen LogP contribution >= 0.6 is 0 Å². The first-order chi connectivity index (χ1) is 7.71. The van der Waals surface area contributed by atoms with E-state index in [1.807, 2.05) is 6.07 Å². The zero-order valence-electron chi connectivity index (χ0n) is 9.44. The van der Waals surface area contributed by atoms with Gasteiger partial charge in [0, 0.05) is 6.20 Å². The van der Waals surface area contributed by atoms with Gasteiger partial charge in [-0.2, -0.15) is 3.71 Å². The standard InChI is InChI=1S/C10H13NO4S2/c1-16(12,13)11(17(2,14)15)9-8-10-6-4-3-5-7-10/h3-9H,1-2H3. The Hall–Kier alpha value is -1.34. The van der Waals surface area contributed by atoms with Crippen LogP contribution < -0.4 is 0 Å². The lowest BCUT2D eigenvalue weighted by atomic mass is 10.2. The minimum absolute atomic E-state index is 0.340. The second-order valence-electron chi connectivity index (χ2n) is 3.48. The van der Waals surface area contributed by atoms with Gasteiger partial charge < -0.3 is 0 Å². The maximum absolute atomic E-state index is 11.3. The molecule has 0 aliphatic heterocycles. The Morgan fingerprint density at radius 3 is 1.82 bits per heavy atom. The largest absolute Gasteiger partial charge is 0.244 e. The van der Waals surface area contributed by atoms with Gasteiger partial charge in [0.15, 0.2) is 0 Å². The summed E-state index contributed by atoms with van der Waals surface area (Å²) in [7, 11) is -7.67. The van der Waals surface area contributed by atoms with Crippen molar-refractivity contribution in [2.45, 2.75) is 0 Å². The van der Waals surface area contributed by atoms with E-state index >= 15 is 0 Å². The molecule has 0 radical (unpaired) electrons. The van der Waals surface area contributed by atoms with Crippen molar-refractivity contribution >= 4 is 26.1 Å². The Bertz CT molecular complexity index is 571. The number of benzene rings is 1. The van der Waals surface area contributed by atoms with Crippen LogP contribution in [-0.2, 0) is 20.0 Å². The van der Waals surface area contributed by atoms with E-state index in [-0.39, 0.29) is 0 Å². The van der Waals surface area contributed by atoms with Crippen molar-refractivity contribution in [3.8, 4) is 0 Å². The SMILES string of the molecule is CS(=O)(=O)N(C=Cc1ccccc1)S(C)(=O)=O. The summed E-state index contributed by atoms with van der Waals surface area (Å²) < 4.78 is 45.5. The second kappa shape index (κ2) is 4.89. The van der Waals surface area contributed by atoms with Crippen molar-refractivity contribution < 1.29 is 16.8 Å². The van der Waals surface area contributed by atoms with Crippen LogP contribution in [0.4, 0.5) is 0 Å². The van der Waals surface area contributed by atoms with Gasteiger partial charge >= 0.3 is 0 Å². The molecule has 0 aliphatic rings. The van der Waals surface area contributed by atoms with Gasteiger partial charge in [0.2, 0.25) is 20.0 Å². The molecule has 0 aromatic heterocycles. The Morgan fingerprint density at radius 2 is 1.41 bits per heavy atom. The topological polar surface area (TPSA) is 71.5 Å². The molecule has 1 aromatic carbocycles. The first-order valence-corrected chi connectivity index (χ1v) is 8.34. The highest BCUT2D eigenvalue weighted by Crippen LogP contribution is 2.09. The van der Waals surface area contributed by atoms with Gasteiger partial charge in [0.1, 0.15) is 0 Å². The summed E-state index contributed by atoms with van der Waals surface area (Å²) in [6.45, 7) is 0. The van der Waals surface area contributed by atoms with Crippen molar-refractivity contribution in [3.05, 3.63) is 42.1 Å². The molecule has 0 spiro atoms.